The van der Waals surface area contributed by atoms with E-state index in [1.807, 2.05) is 0 Å². The highest BCUT2D eigenvalue weighted by Crippen LogP contribution is 2.05. The standard InChI is InChI=1S/C11H19N3O/c1-8(2)4-3-5-13-11(15)10-6-9(12)7-14-10/h6-8,14H,3-5,12H2,1-2H3,(H,13,15). The van der Waals surface area contributed by atoms with E-state index >= 15 is 0 Å². The Bertz CT molecular complexity index is 317. The number of carbonyl (C=O) groups excluding carboxylic acids is 1. The molecule has 0 fully saturated rings. The quantitative estimate of drug-likeness (QED) is 0.647. The van der Waals surface area contributed by atoms with E-state index in [0.717, 1.165) is 19.4 Å². The van der Waals surface area contributed by atoms with E-state index in [9.17, 15) is 4.79 Å². The van der Waals surface area contributed by atoms with Gasteiger partial charge in [-0.1, -0.05) is 13.8 Å². The number of H-pyrrole nitrogens is 1. The summed E-state index contributed by atoms with van der Waals surface area (Å²) in [5.74, 6) is 0.596. The minimum absolute atomic E-state index is 0.0875. The Balaban J connectivity index is 2.25. The molecule has 0 aliphatic carbocycles. The molecule has 4 heteroatoms. The summed E-state index contributed by atoms with van der Waals surface area (Å²) in [6, 6.07) is 1.64. The second-order valence-electron chi connectivity index (χ2n) is 4.14. The number of nitrogens with one attached hydrogen (secondary N) is 2. The minimum Gasteiger partial charge on any atom is -0.397 e. The number of aromatic nitrogens is 1. The number of nitrogen functional groups attached to an aromatic ring is 1. The Hall–Kier alpha value is -1.45. The summed E-state index contributed by atoms with van der Waals surface area (Å²) in [5, 5.41) is 2.84. The summed E-state index contributed by atoms with van der Waals surface area (Å²) < 4.78 is 0. The van der Waals surface area contributed by atoms with Crippen molar-refractivity contribution in [2.45, 2.75) is 26.7 Å². The summed E-state index contributed by atoms with van der Waals surface area (Å²) in [6.07, 6.45) is 3.76. The van der Waals surface area contributed by atoms with E-state index in [-0.39, 0.29) is 5.91 Å². The van der Waals surface area contributed by atoms with Crippen LogP contribution in [0.1, 0.15) is 37.2 Å². The number of hydrogen-bond acceptors (Lipinski definition) is 2. The fourth-order valence-electron chi connectivity index (χ4n) is 1.35. The Morgan fingerprint density at radius 1 is 1.60 bits per heavy atom. The zero-order valence-electron chi connectivity index (χ0n) is 9.34. The smallest absolute Gasteiger partial charge is 0.267 e. The van der Waals surface area contributed by atoms with Gasteiger partial charge in [0.25, 0.3) is 5.91 Å². The fraction of sp³-hybridized carbons (Fsp3) is 0.545. The molecule has 0 saturated heterocycles. The Morgan fingerprint density at radius 3 is 2.87 bits per heavy atom. The van der Waals surface area contributed by atoms with E-state index in [0.29, 0.717) is 17.3 Å². The second-order valence-corrected chi connectivity index (χ2v) is 4.14. The number of hydrogen-bond donors (Lipinski definition) is 3. The molecule has 4 N–H and O–H groups in total. The maximum absolute atomic E-state index is 11.5. The molecule has 0 aliphatic heterocycles. The van der Waals surface area contributed by atoms with Crippen LogP contribution in [0.25, 0.3) is 0 Å². The van der Waals surface area contributed by atoms with E-state index in [1.54, 1.807) is 12.3 Å². The van der Waals surface area contributed by atoms with Gasteiger partial charge in [0, 0.05) is 18.4 Å². The molecule has 0 spiro atoms. The molecule has 0 aromatic carbocycles. The zero-order valence-corrected chi connectivity index (χ0v) is 9.34. The first kappa shape index (κ1) is 11.6. The molecule has 0 unspecified atom stereocenters. The molecule has 1 aromatic heterocycles. The topological polar surface area (TPSA) is 70.9 Å². The van der Waals surface area contributed by atoms with Crippen LogP contribution in [0.5, 0.6) is 0 Å². The molecule has 84 valence electrons. The summed E-state index contributed by atoms with van der Waals surface area (Å²) in [4.78, 5) is 14.3. The number of nitrogens with two attached hydrogens (primary N) is 1. The van der Waals surface area contributed by atoms with E-state index in [4.69, 9.17) is 5.73 Å². The molecule has 1 heterocycles. The van der Waals surface area contributed by atoms with Crippen LogP contribution in [-0.4, -0.2) is 17.4 Å². The largest absolute Gasteiger partial charge is 0.397 e. The van der Waals surface area contributed by atoms with Crippen LogP contribution in [0.3, 0.4) is 0 Å². The van der Waals surface area contributed by atoms with Gasteiger partial charge in [-0.05, 0) is 24.8 Å². The second kappa shape index (κ2) is 5.44. The molecule has 0 bridgehead atoms. The number of anilines is 1. The van der Waals surface area contributed by atoms with Gasteiger partial charge in [0.15, 0.2) is 0 Å². The lowest BCUT2D eigenvalue weighted by atomic mass is 10.1. The van der Waals surface area contributed by atoms with Crippen molar-refractivity contribution < 1.29 is 4.79 Å². The molecule has 0 aliphatic rings. The van der Waals surface area contributed by atoms with Crippen LogP contribution in [0.4, 0.5) is 5.69 Å². The van der Waals surface area contributed by atoms with Crippen molar-refractivity contribution >= 4 is 11.6 Å². The van der Waals surface area contributed by atoms with Gasteiger partial charge in [-0.25, -0.2) is 0 Å². The van der Waals surface area contributed by atoms with Gasteiger partial charge in [-0.3, -0.25) is 4.79 Å². The highest BCUT2D eigenvalue weighted by Gasteiger charge is 2.06. The van der Waals surface area contributed by atoms with Crippen molar-refractivity contribution in [3.63, 3.8) is 0 Å². The first-order chi connectivity index (χ1) is 7.09. The highest BCUT2D eigenvalue weighted by atomic mass is 16.1. The van der Waals surface area contributed by atoms with Crippen molar-refractivity contribution in [1.82, 2.24) is 10.3 Å². The summed E-state index contributed by atoms with van der Waals surface area (Å²) >= 11 is 0. The van der Waals surface area contributed by atoms with Gasteiger partial charge in [0.2, 0.25) is 0 Å². The number of aromatic amines is 1. The van der Waals surface area contributed by atoms with Crippen molar-refractivity contribution in [2.24, 2.45) is 5.92 Å². The van der Waals surface area contributed by atoms with Crippen molar-refractivity contribution in [1.29, 1.82) is 0 Å². The van der Waals surface area contributed by atoms with Crippen molar-refractivity contribution in [3.05, 3.63) is 18.0 Å². The lowest BCUT2D eigenvalue weighted by molar-refractivity contribution is 0.0948. The Morgan fingerprint density at radius 2 is 2.33 bits per heavy atom. The predicted molar refractivity (Wildman–Crippen MR) is 61.6 cm³/mol. The third-order valence-electron chi connectivity index (χ3n) is 2.19. The monoisotopic (exact) mass is 209 g/mol. The van der Waals surface area contributed by atoms with Crippen LogP contribution in [0.15, 0.2) is 12.3 Å². The summed E-state index contributed by atoms with van der Waals surface area (Å²) in [7, 11) is 0. The number of rotatable bonds is 5. The van der Waals surface area contributed by atoms with Crippen LogP contribution in [0.2, 0.25) is 0 Å². The third kappa shape index (κ3) is 4.06. The van der Waals surface area contributed by atoms with Gasteiger partial charge in [0.05, 0.1) is 0 Å². The lowest BCUT2D eigenvalue weighted by Crippen LogP contribution is -2.24. The van der Waals surface area contributed by atoms with E-state index < -0.39 is 0 Å². The minimum atomic E-state index is -0.0875. The van der Waals surface area contributed by atoms with Gasteiger partial charge in [-0.15, -0.1) is 0 Å². The van der Waals surface area contributed by atoms with Gasteiger partial charge in [-0.2, -0.15) is 0 Å². The number of carbonyl (C=O) groups is 1. The first-order valence-corrected chi connectivity index (χ1v) is 5.31. The maximum Gasteiger partial charge on any atom is 0.267 e. The fourth-order valence-corrected chi connectivity index (χ4v) is 1.35. The highest BCUT2D eigenvalue weighted by molar-refractivity contribution is 5.93. The molecule has 0 saturated carbocycles. The summed E-state index contributed by atoms with van der Waals surface area (Å²) in [6.45, 7) is 5.07. The molecule has 0 radical (unpaired) electrons. The Labute approximate surface area is 90.2 Å². The molecule has 1 aromatic rings. The maximum atomic E-state index is 11.5. The third-order valence-corrected chi connectivity index (χ3v) is 2.19. The molecular formula is C11H19N3O. The van der Waals surface area contributed by atoms with E-state index in [1.165, 1.54) is 0 Å². The van der Waals surface area contributed by atoms with Crippen LogP contribution in [0, 0.1) is 5.92 Å². The first-order valence-electron chi connectivity index (χ1n) is 5.31. The zero-order chi connectivity index (χ0) is 11.3. The van der Waals surface area contributed by atoms with Gasteiger partial charge < -0.3 is 16.0 Å². The average Bonchev–Trinajstić information content (AvgIpc) is 2.59. The Kier molecular flexibility index (Phi) is 4.21. The summed E-state index contributed by atoms with van der Waals surface area (Å²) in [5.41, 5.74) is 6.61. The van der Waals surface area contributed by atoms with Gasteiger partial charge >= 0.3 is 0 Å². The van der Waals surface area contributed by atoms with E-state index in [2.05, 4.69) is 24.1 Å². The molecule has 0 atom stereocenters. The predicted octanol–water partition coefficient (Wildman–Crippen LogP) is 1.76. The SMILES string of the molecule is CC(C)CCCNC(=O)c1cc(N)c[nH]1. The molecule has 4 nitrogen and oxygen atoms in total. The normalized spacial score (nSPS) is 10.6. The molecule has 15 heavy (non-hydrogen) atoms. The lowest BCUT2D eigenvalue weighted by Gasteiger charge is -2.05. The number of amides is 1. The van der Waals surface area contributed by atoms with Crippen LogP contribution < -0.4 is 11.1 Å². The van der Waals surface area contributed by atoms with Crippen LogP contribution in [-0.2, 0) is 0 Å². The van der Waals surface area contributed by atoms with Crippen molar-refractivity contribution in [2.75, 3.05) is 12.3 Å². The average molecular weight is 209 g/mol. The van der Waals surface area contributed by atoms with Crippen molar-refractivity contribution in [3.8, 4) is 0 Å². The molecule has 1 amide bonds. The van der Waals surface area contributed by atoms with Crippen LogP contribution >= 0.6 is 0 Å². The molecule has 1 rings (SSSR count). The molecular weight excluding hydrogens is 190 g/mol. The van der Waals surface area contributed by atoms with Gasteiger partial charge in [0.1, 0.15) is 5.69 Å².